The Morgan fingerprint density at radius 1 is 0.806 bits per heavy atom. The van der Waals surface area contributed by atoms with Gasteiger partial charge in [0.05, 0.1) is 0 Å². The highest BCUT2D eigenvalue weighted by Gasteiger charge is 2.22. The first kappa shape index (κ1) is 22.7. The number of carbonyl (C=O) groups excluding carboxylic acids is 1. The van der Waals surface area contributed by atoms with Crippen molar-refractivity contribution in [2.75, 3.05) is 13.1 Å². The molecule has 0 amide bonds. The third kappa shape index (κ3) is 6.78. The molecule has 0 bridgehead atoms. The van der Waals surface area contributed by atoms with E-state index >= 15 is 0 Å². The zero-order valence-electron chi connectivity index (χ0n) is 18.2. The summed E-state index contributed by atoms with van der Waals surface area (Å²) in [6, 6.07) is 31.0. The molecule has 0 fully saturated rings. The van der Waals surface area contributed by atoms with Crippen molar-refractivity contribution in [1.29, 1.82) is 0 Å². The third-order valence-electron chi connectivity index (χ3n) is 5.48. The van der Waals surface area contributed by atoms with E-state index in [1.807, 2.05) is 54.6 Å². The lowest BCUT2D eigenvalue weighted by Gasteiger charge is -2.27. The summed E-state index contributed by atoms with van der Waals surface area (Å²) in [6.07, 6.45) is -0.378. The van der Waals surface area contributed by atoms with Crippen molar-refractivity contribution in [2.45, 2.75) is 38.2 Å². The van der Waals surface area contributed by atoms with E-state index in [1.54, 1.807) is 5.06 Å². The highest BCUT2D eigenvalue weighted by atomic mass is 16.7. The van der Waals surface area contributed by atoms with E-state index < -0.39 is 12.1 Å². The lowest BCUT2D eigenvalue weighted by atomic mass is 9.88. The molecular weight excluding hydrogens is 386 g/mol. The number of aliphatic hydroxyl groups is 1. The number of hydrogen-bond acceptors (Lipinski definition) is 4. The molecule has 1 N–H and O–H groups in total. The first-order chi connectivity index (χ1) is 15.0. The average molecular weight is 418 g/mol. The second kappa shape index (κ2) is 11.4. The molecule has 0 aromatic heterocycles. The minimum atomic E-state index is -1.16. The topological polar surface area (TPSA) is 49.8 Å². The van der Waals surface area contributed by atoms with Crippen LogP contribution in [0.25, 0.3) is 0 Å². The molecule has 0 radical (unpaired) electrons. The lowest BCUT2D eigenvalue weighted by molar-refractivity contribution is -0.200. The van der Waals surface area contributed by atoms with Gasteiger partial charge in [-0.1, -0.05) is 97.9 Å². The second-order valence-electron chi connectivity index (χ2n) is 7.95. The van der Waals surface area contributed by atoms with Crippen LogP contribution in [0.4, 0.5) is 0 Å². The molecule has 0 saturated carbocycles. The molecule has 162 valence electrons. The molecule has 0 spiro atoms. The van der Waals surface area contributed by atoms with Crippen LogP contribution in [0.15, 0.2) is 91.0 Å². The van der Waals surface area contributed by atoms with Crippen LogP contribution in [-0.2, 0) is 9.63 Å². The van der Waals surface area contributed by atoms with Crippen LogP contribution in [0.5, 0.6) is 0 Å². The molecule has 2 atom stereocenters. The van der Waals surface area contributed by atoms with Gasteiger partial charge in [0.1, 0.15) is 0 Å². The van der Waals surface area contributed by atoms with Crippen LogP contribution in [-0.4, -0.2) is 35.3 Å². The maximum atomic E-state index is 12.1. The minimum absolute atomic E-state index is 0.176. The summed E-state index contributed by atoms with van der Waals surface area (Å²) in [5, 5.41) is 11.4. The molecule has 0 saturated heterocycles. The molecule has 2 unspecified atom stereocenters. The number of hydroxylamine groups is 2. The number of carbonyl (C=O) groups is 1. The Kier molecular flexibility index (Phi) is 8.39. The standard InChI is InChI=1S/C27H31NO3/c1-21(23-12-6-3-7-13-23)20-28(31-27(30)22(2)29)19-18-26(24-14-8-4-9-15-24)25-16-10-5-11-17-25/h3-17,21-22,26,29H,18-20H2,1-2H3. The summed E-state index contributed by atoms with van der Waals surface area (Å²) < 4.78 is 0. The van der Waals surface area contributed by atoms with Gasteiger partial charge in [0.15, 0.2) is 6.10 Å². The fraction of sp³-hybridized carbons (Fsp3) is 0.296. The Morgan fingerprint density at radius 3 is 1.71 bits per heavy atom. The highest BCUT2D eigenvalue weighted by molar-refractivity contribution is 5.73. The first-order valence-electron chi connectivity index (χ1n) is 10.8. The highest BCUT2D eigenvalue weighted by Crippen LogP contribution is 2.28. The summed E-state index contributed by atoms with van der Waals surface area (Å²) in [6.45, 7) is 4.66. The van der Waals surface area contributed by atoms with Gasteiger partial charge in [-0.3, -0.25) is 0 Å². The van der Waals surface area contributed by atoms with E-state index in [-0.39, 0.29) is 11.8 Å². The Morgan fingerprint density at radius 2 is 1.26 bits per heavy atom. The van der Waals surface area contributed by atoms with Crippen molar-refractivity contribution in [1.82, 2.24) is 5.06 Å². The van der Waals surface area contributed by atoms with Gasteiger partial charge in [0, 0.05) is 19.0 Å². The minimum Gasteiger partial charge on any atom is -0.382 e. The average Bonchev–Trinajstić information content (AvgIpc) is 2.81. The maximum absolute atomic E-state index is 12.1. The number of nitrogens with zero attached hydrogens (tertiary/aromatic N) is 1. The summed E-state index contributed by atoms with van der Waals surface area (Å²) >= 11 is 0. The van der Waals surface area contributed by atoms with Crippen molar-refractivity contribution in [3.05, 3.63) is 108 Å². The SMILES string of the molecule is CC(O)C(=O)ON(CCC(c1ccccc1)c1ccccc1)CC(C)c1ccccc1. The number of aliphatic hydroxyl groups excluding tert-OH is 1. The molecule has 4 heteroatoms. The largest absolute Gasteiger partial charge is 0.382 e. The van der Waals surface area contributed by atoms with Crippen LogP contribution >= 0.6 is 0 Å². The van der Waals surface area contributed by atoms with Gasteiger partial charge in [-0.2, -0.15) is 0 Å². The van der Waals surface area contributed by atoms with Crippen molar-refractivity contribution < 1.29 is 14.7 Å². The van der Waals surface area contributed by atoms with E-state index in [9.17, 15) is 9.90 Å². The third-order valence-corrected chi connectivity index (χ3v) is 5.48. The van der Waals surface area contributed by atoms with Gasteiger partial charge in [0.2, 0.25) is 0 Å². The molecule has 0 aliphatic carbocycles. The Balaban J connectivity index is 1.77. The van der Waals surface area contributed by atoms with Crippen LogP contribution in [0.1, 0.15) is 48.8 Å². The quantitative estimate of drug-likeness (QED) is 0.463. The number of benzene rings is 3. The number of rotatable bonds is 10. The fourth-order valence-corrected chi connectivity index (χ4v) is 3.74. The molecule has 0 aliphatic rings. The molecule has 3 aromatic rings. The smallest absolute Gasteiger partial charge is 0.353 e. The van der Waals surface area contributed by atoms with Crippen LogP contribution in [0.2, 0.25) is 0 Å². The number of hydrogen-bond donors (Lipinski definition) is 1. The molecule has 0 heterocycles. The van der Waals surface area contributed by atoms with E-state index in [2.05, 4.69) is 43.3 Å². The van der Waals surface area contributed by atoms with Crippen molar-refractivity contribution in [3.8, 4) is 0 Å². The summed E-state index contributed by atoms with van der Waals surface area (Å²) in [7, 11) is 0. The molecule has 0 aliphatic heterocycles. The second-order valence-corrected chi connectivity index (χ2v) is 7.95. The van der Waals surface area contributed by atoms with E-state index in [4.69, 9.17) is 4.84 Å². The van der Waals surface area contributed by atoms with Crippen LogP contribution in [0.3, 0.4) is 0 Å². The Hall–Kier alpha value is -2.95. The zero-order chi connectivity index (χ0) is 22.1. The maximum Gasteiger partial charge on any atom is 0.353 e. The predicted octanol–water partition coefficient (Wildman–Crippen LogP) is 5.15. The molecule has 3 rings (SSSR count). The molecule has 4 nitrogen and oxygen atoms in total. The van der Waals surface area contributed by atoms with Crippen molar-refractivity contribution in [3.63, 3.8) is 0 Å². The van der Waals surface area contributed by atoms with Gasteiger partial charge in [-0.25, -0.2) is 4.79 Å². The van der Waals surface area contributed by atoms with E-state index in [0.717, 1.165) is 6.42 Å². The normalized spacial score (nSPS) is 13.2. The van der Waals surface area contributed by atoms with E-state index in [1.165, 1.54) is 23.6 Å². The Bertz CT molecular complexity index is 873. The lowest BCUT2D eigenvalue weighted by Crippen LogP contribution is -2.35. The summed E-state index contributed by atoms with van der Waals surface area (Å²) in [5.74, 6) is -0.270. The molecule has 31 heavy (non-hydrogen) atoms. The van der Waals surface area contributed by atoms with Gasteiger partial charge >= 0.3 is 5.97 Å². The van der Waals surface area contributed by atoms with Gasteiger partial charge in [-0.05, 0) is 36.0 Å². The molecule has 3 aromatic carbocycles. The van der Waals surface area contributed by atoms with E-state index in [0.29, 0.717) is 13.1 Å². The summed E-state index contributed by atoms with van der Waals surface area (Å²) in [5.41, 5.74) is 3.64. The van der Waals surface area contributed by atoms with Gasteiger partial charge < -0.3 is 9.94 Å². The Labute approximate surface area is 185 Å². The zero-order valence-corrected chi connectivity index (χ0v) is 18.2. The van der Waals surface area contributed by atoms with Crippen LogP contribution in [0, 0.1) is 0 Å². The monoisotopic (exact) mass is 417 g/mol. The van der Waals surface area contributed by atoms with Crippen LogP contribution < -0.4 is 0 Å². The van der Waals surface area contributed by atoms with Crippen molar-refractivity contribution in [2.24, 2.45) is 0 Å². The molecular formula is C27H31NO3. The van der Waals surface area contributed by atoms with Crippen molar-refractivity contribution >= 4 is 5.97 Å². The van der Waals surface area contributed by atoms with Gasteiger partial charge in [0.25, 0.3) is 0 Å². The predicted molar refractivity (Wildman–Crippen MR) is 124 cm³/mol. The fourth-order valence-electron chi connectivity index (χ4n) is 3.74. The first-order valence-corrected chi connectivity index (χ1v) is 10.8. The van der Waals surface area contributed by atoms with Gasteiger partial charge in [-0.15, -0.1) is 5.06 Å². The summed E-state index contributed by atoms with van der Waals surface area (Å²) in [4.78, 5) is 17.7.